The molecule has 1 atom stereocenters. The number of hydrogen-bond donors (Lipinski definition) is 1. The van der Waals surface area contributed by atoms with Crippen LogP contribution in [0.4, 0.5) is 8.78 Å². The van der Waals surface area contributed by atoms with E-state index in [4.69, 9.17) is 14.2 Å². The van der Waals surface area contributed by atoms with Crippen molar-refractivity contribution in [1.82, 2.24) is 0 Å². The highest BCUT2D eigenvalue weighted by molar-refractivity contribution is 5.40. The van der Waals surface area contributed by atoms with Crippen LogP contribution in [0.1, 0.15) is 5.56 Å². The molecule has 0 saturated heterocycles. The molecule has 0 saturated carbocycles. The number of halogens is 2. The van der Waals surface area contributed by atoms with Gasteiger partial charge in [0.1, 0.15) is 18.5 Å². The van der Waals surface area contributed by atoms with Crippen LogP contribution >= 0.6 is 0 Å². The fraction of sp³-hybridized carbons (Fsp3) is 0.294. The van der Waals surface area contributed by atoms with Gasteiger partial charge < -0.3 is 19.3 Å². The Morgan fingerprint density at radius 2 is 1.74 bits per heavy atom. The second kappa shape index (κ2) is 8.45. The normalized spacial score (nSPS) is 12.0. The summed E-state index contributed by atoms with van der Waals surface area (Å²) in [7, 11) is 1.40. The molecule has 0 aliphatic rings. The third-order valence-corrected chi connectivity index (χ3v) is 3.10. The van der Waals surface area contributed by atoms with E-state index in [0.717, 1.165) is 0 Å². The van der Waals surface area contributed by atoms with Crippen LogP contribution in [-0.4, -0.2) is 31.5 Å². The number of para-hydroxylation sites is 1. The second-order valence-corrected chi connectivity index (χ2v) is 4.84. The SMILES string of the molecule is COc1cccc(F)c1OCC(O)COCc1ccccc1F. The number of hydrogen-bond acceptors (Lipinski definition) is 4. The van der Waals surface area contributed by atoms with Gasteiger partial charge in [-0.2, -0.15) is 0 Å². The van der Waals surface area contributed by atoms with Crippen molar-refractivity contribution in [1.29, 1.82) is 0 Å². The summed E-state index contributed by atoms with van der Waals surface area (Å²) in [4.78, 5) is 0. The molecule has 0 spiro atoms. The van der Waals surface area contributed by atoms with E-state index in [0.29, 0.717) is 5.56 Å². The third kappa shape index (κ3) is 4.91. The largest absolute Gasteiger partial charge is 0.493 e. The molecule has 0 fully saturated rings. The van der Waals surface area contributed by atoms with Crippen molar-refractivity contribution in [2.75, 3.05) is 20.3 Å². The molecule has 0 radical (unpaired) electrons. The summed E-state index contributed by atoms with van der Waals surface area (Å²) < 4.78 is 42.5. The van der Waals surface area contributed by atoms with Crippen LogP contribution in [0.2, 0.25) is 0 Å². The number of aliphatic hydroxyl groups is 1. The molecule has 124 valence electrons. The minimum Gasteiger partial charge on any atom is -0.493 e. The minimum absolute atomic E-state index is 0.0345. The quantitative estimate of drug-likeness (QED) is 0.811. The van der Waals surface area contributed by atoms with E-state index >= 15 is 0 Å². The van der Waals surface area contributed by atoms with Crippen molar-refractivity contribution in [3.63, 3.8) is 0 Å². The molecule has 0 aliphatic carbocycles. The topological polar surface area (TPSA) is 47.9 Å². The van der Waals surface area contributed by atoms with Gasteiger partial charge in [0.15, 0.2) is 17.3 Å². The molecule has 0 aliphatic heterocycles. The molecule has 0 amide bonds. The van der Waals surface area contributed by atoms with Crippen LogP contribution in [0.3, 0.4) is 0 Å². The maximum atomic E-state index is 13.6. The molecule has 1 unspecified atom stereocenters. The van der Waals surface area contributed by atoms with Crippen molar-refractivity contribution in [2.24, 2.45) is 0 Å². The average molecular weight is 324 g/mol. The van der Waals surface area contributed by atoms with Crippen molar-refractivity contribution >= 4 is 0 Å². The first-order chi connectivity index (χ1) is 11.1. The van der Waals surface area contributed by atoms with Gasteiger partial charge in [-0.25, -0.2) is 8.78 Å². The first-order valence-electron chi connectivity index (χ1n) is 7.06. The number of ether oxygens (including phenoxy) is 3. The van der Waals surface area contributed by atoms with Crippen molar-refractivity contribution in [3.05, 3.63) is 59.7 Å². The Bertz CT molecular complexity index is 634. The molecule has 1 N–H and O–H groups in total. The monoisotopic (exact) mass is 324 g/mol. The number of aliphatic hydroxyl groups excluding tert-OH is 1. The van der Waals surface area contributed by atoms with E-state index in [1.54, 1.807) is 24.3 Å². The molecular weight excluding hydrogens is 306 g/mol. The van der Waals surface area contributed by atoms with E-state index in [-0.39, 0.29) is 37.1 Å². The predicted octanol–water partition coefficient (Wildman–Crippen LogP) is 2.93. The Morgan fingerprint density at radius 3 is 2.48 bits per heavy atom. The summed E-state index contributed by atoms with van der Waals surface area (Å²) in [6.07, 6.45) is -0.980. The highest BCUT2D eigenvalue weighted by Crippen LogP contribution is 2.29. The summed E-state index contributed by atoms with van der Waals surface area (Å²) >= 11 is 0. The summed E-state index contributed by atoms with van der Waals surface area (Å²) in [6.45, 7) is -0.202. The van der Waals surface area contributed by atoms with Gasteiger partial charge in [0.05, 0.1) is 20.3 Å². The molecular formula is C17H18F2O4. The van der Waals surface area contributed by atoms with Crippen LogP contribution in [0.25, 0.3) is 0 Å². The standard InChI is InChI=1S/C17H18F2O4/c1-21-16-8-4-7-15(19)17(16)23-11-13(20)10-22-9-12-5-2-3-6-14(12)18/h2-8,13,20H,9-11H2,1H3. The number of rotatable bonds is 8. The zero-order valence-electron chi connectivity index (χ0n) is 12.7. The summed E-state index contributed by atoms with van der Waals surface area (Å²) in [5.41, 5.74) is 0.399. The molecule has 0 aromatic heterocycles. The minimum atomic E-state index is -0.980. The van der Waals surface area contributed by atoms with Gasteiger partial charge in [0, 0.05) is 5.56 Å². The van der Waals surface area contributed by atoms with Gasteiger partial charge in [-0.1, -0.05) is 24.3 Å². The summed E-state index contributed by atoms with van der Waals surface area (Å²) in [5, 5.41) is 9.81. The molecule has 0 heterocycles. The Kier molecular flexibility index (Phi) is 6.31. The van der Waals surface area contributed by atoms with Crippen LogP contribution in [0, 0.1) is 11.6 Å². The summed E-state index contributed by atoms with van der Waals surface area (Å²) in [6, 6.07) is 10.5. The lowest BCUT2D eigenvalue weighted by Crippen LogP contribution is -2.24. The van der Waals surface area contributed by atoms with Crippen molar-refractivity contribution in [3.8, 4) is 11.5 Å². The maximum Gasteiger partial charge on any atom is 0.197 e. The fourth-order valence-corrected chi connectivity index (χ4v) is 1.94. The molecule has 23 heavy (non-hydrogen) atoms. The molecule has 2 rings (SSSR count). The average Bonchev–Trinajstić information content (AvgIpc) is 2.55. The lowest BCUT2D eigenvalue weighted by Gasteiger charge is -2.15. The van der Waals surface area contributed by atoms with Crippen LogP contribution < -0.4 is 9.47 Å². The van der Waals surface area contributed by atoms with Gasteiger partial charge >= 0.3 is 0 Å². The zero-order valence-corrected chi connectivity index (χ0v) is 12.7. The molecule has 2 aromatic carbocycles. The number of methoxy groups -OCH3 is 1. The first kappa shape index (κ1) is 17.2. The van der Waals surface area contributed by atoms with E-state index in [1.165, 1.54) is 25.3 Å². The van der Waals surface area contributed by atoms with Crippen molar-refractivity contribution in [2.45, 2.75) is 12.7 Å². The van der Waals surface area contributed by atoms with E-state index in [2.05, 4.69) is 0 Å². The number of benzene rings is 2. The molecule has 2 aromatic rings. The highest BCUT2D eigenvalue weighted by Gasteiger charge is 2.13. The second-order valence-electron chi connectivity index (χ2n) is 4.84. The highest BCUT2D eigenvalue weighted by atomic mass is 19.1. The molecule has 6 heteroatoms. The van der Waals surface area contributed by atoms with Gasteiger partial charge in [-0.05, 0) is 18.2 Å². The van der Waals surface area contributed by atoms with Crippen LogP contribution in [0.5, 0.6) is 11.5 Å². The Hall–Kier alpha value is -2.18. The van der Waals surface area contributed by atoms with E-state index < -0.39 is 11.9 Å². The predicted molar refractivity (Wildman–Crippen MR) is 80.5 cm³/mol. The molecule has 4 nitrogen and oxygen atoms in total. The van der Waals surface area contributed by atoms with Gasteiger partial charge in [-0.3, -0.25) is 0 Å². The lowest BCUT2D eigenvalue weighted by atomic mass is 10.2. The fourth-order valence-electron chi connectivity index (χ4n) is 1.94. The Morgan fingerprint density at radius 1 is 1.00 bits per heavy atom. The van der Waals surface area contributed by atoms with Gasteiger partial charge in [0.25, 0.3) is 0 Å². The molecule has 0 bridgehead atoms. The van der Waals surface area contributed by atoms with Crippen LogP contribution in [-0.2, 0) is 11.3 Å². The van der Waals surface area contributed by atoms with Crippen LogP contribution in [0.15, 0.2) is 42.5 Å². The lowest BCUT2D eigenvalue weighted by molar-refractivity contribution is 0.00369. The first-order valence-corrected chi connectivity index (χ1v) is 7.06. The third-order valence-electron chi connectivity index (χ3n) is 3.10. The van der Waals surface area contributed by atoms with Crippen molar-refractivity contribution < 1.29 is 28.1 Å². The van der Waals surface area contributed by atoms with E-state index in [1.807, 2.05) is 0 Å². The summed E-state index contributed by atoms with van der Waals surface area (Å²) in [5.74, 6) is -0.772. The maximum absolute atomic E-state index is 13.6. The Labute approximate surface area is 133 Å². The zero-order chi connectivity index (χ0) is 16.7. The van der Waals surface area contributed by atoms with E-state index in [9.17, 15) is 13.9 Å². The van der Waals surface area contributed by atoms with Gasteiger partial charge in [0.2, 0.25) is 0 Å². The Balaban J connectivity index is 1.80. The smallest absolute Gasteiger partial charge is 0.197 e. The van der Waals surface area contributed by atoms with Gasteiger partial charge in [-0.15, -0.1) is 0 Å².